The second-order valence-electron chi connectivity index (χ2n) is 3.57. The van der Waals surface area contributed by atoms with E-state index in [0.717, 1.165) is 0 Å². The molecule has 0 aromatic heterocycles. The van der Waals surface area contributed by atoms with Crippen LogP contribution in [-0.4, -0.2) is 89.5 Å². The molecule has 0 spiro atoms. The molecule has 21 heavy (non-hydrogen) atoms. The molecule has 0 saturated carbocycles. The molecule has 1 fully saturated rings. The Morgan fingerprint density at radius 2 is 1.48 bits per heavy atom. The maximum atomic E-state index is 11.3. The van der Waals surface area contributed by atoms with Crippen LogP contribution in [0.3, 0.4) is 0 Å². The molecule has 4 atom stereocenters. The van der Waals surface area contributed by atoms with E-state index in [9.17, 15) is 19.2 Å². The van der Waals surface area contributed by atoms with Crippen LogP contribution >= 0.6 is 0 Å². The van der Waals surface area contributed by atoms with Crippen molar-refractivity contribution in [3.8, 4) is 0 Å². The molecule has 1 heterocycles. The minimum atomic E-state index is -3.96. The number of carboxylic acid groups (broad SMARTS) is 1. The quantitative estimate of drug-likeness (QED) is 0.296. The van der Waals surface area contributed by atoms with Crippen molar-refractivity contribution in [2.45, 2.75) is 24.4 Å². The molecule has 0 radical (unpaired) electrons. The molecule has 0 amide bonds. The molecule has 1 aliphatic heterocycles. The predicted molar refractivity (Wildman–Crippen MR) is 55.7 cm³/mol. The van der Waals surface area contributed by atoms with Gasteiger partial charge in [0, 0.05) is 0 Å². The van der Waals surface area contributed by atoms with Crippen molar-refractivity contribution in [1.82, 2.24) is 0 Å². The van der Waals surface area contributed by atoms with E-state index >= 15 is 0 Å². The van der Waals surface area contributed by atoms with Crippen LogP contribution in [0.25, 0.3) is 0 Å². The minimum absolute atomic E-state index is 1.51. The third-order valence-corrected chi connectivity index (χ3v) is 4.14. The van der Waals surface area contributed by atoms with Crippen LogP contribution in [0.15, 0.2) is 0 Å². The molecule has 12 nitrogen and oxygen atoms in total. The standard InChI is InChI=1S/C8H9AsO12/c10-1(5(14)15)2(11)6(16)19-9-20-7(17)3(12)4(13)8(18)21-9/h1-4,10-13H,(H,14,15). The average molecular weight is 372 g/mol. The summed E-state index contributed by atoms with van der Waals surface area (Å²) < 4.78 is 12.9. The number of carboxylic acids is 1. The molecule has 0 aromatic carbocycles. The summed E-state index contributed by atoms with van der Waals surface area (Å²) in [6, 6.07) is 0. The Kier molecular flexibility index (Phi) is 5.63. The predicted octanol–water partition coefficient (Wildman–Crippen LogP) is -4.86. The average Bonchev–Trinajstić information content (AvgIpc) is 2.50. The van der Waals surface area contributed by atoms with E-state index in [1.165, 1.54) is 0 Å². The summed E-state index contributed by atoms with van der Waals surface area (Å²) in [7, 11) is 0. The topological polar surface area (TPSA) is 197 Å². The van der Waals surface area contributed by atoms with E-state index in [2.05, 4.69) is 11.2 Å². The van der Waals surface area contributed by atoms with E-state index in [-0.39, 0.29) is 0 Å². The molecular formula is C8H9AsO12. The summed E-state index contributed by atoms with van der Waals surface area (Å²) in [5.41, 5.74) is 0. The summed E-state index contributed by atoms with van der Waals surface area (Å²) in [5, 5.41) is 44.6. The van der Waals surface area contributed by atoms with Gasteiger partial charge in [0.15, 0.2) is 0 Å². The Hall–Kier alpha value is -1.72. The third kappa shape index (κ3) is 4.12. The first-order chi connectivity index (χ1) is 9.65. The molecule has 1 rings (SSSR count). The summed E-state index contributed by atoms with van der Waals surface area (Å²) in [6.07, 6.45) is -9.52. The van der Waals surface area contributed by atoms with Gasteiger partial charge in [0.05, 0.1) is 0 Å². The fourth-order valence-corrected chi connectivity index (χ4v) is 2.80. The molecule has 5 N–H and O–H groups in total. The van der Waals surface area contributed by atoms with Crippen molar-refractivity contribution in [2.24, 2.45) is 0 Å². The van der Waals surface area contributed by atoms with Gasteiger partial charge in [-0.25, -0.2) is 0 Å². The van der Waals surface area contributed by atoms with Gasteiger partial charge in [0.2, 0.25) is 0 Å². The van der Waals surface area contributed by atoms with E-state index in [1.807, 2.05) is 0 Å². The van der Waals surface area contributed by atoms with E-state index in [0.29, 0.717) is 0 Å². The first kappa shape index (κ1) is 17.3. The molecule has 0 aliphatic carbocycles. The first-order valence-corrected chi connectivity index (χ1v) is 7.35. The van der Waals surface area contributed by atoms with Crippen LogP contribution < -0.4 is 0 Å². The number of hydrogen-bond donors (Lipinski definition) is 5. The molecule has 0 bridgehead atoms. The number of hydrogen-bond acceptors (Lipinski definition) is 11. The monoisotopic (exact) mass is 372 g/mol. The van der Waals surface area contributed by atoms with Gasteiger partial charge in [-0.2, -0.15) is 0 Å². The van der Waals surface area contributed by atoms with Gasteiger partial charge in [-0.1, -0.05) is 0 Å². The van der Waals surface area contributed by atoms with Gasteiger partial charge in [-0.3, -0.25) is 0 Å². The summed E-state index contributed by atoms with van der Waals surface area (Å²) in [5.74, 6) is -6.66. The van der Waals surface area contributed by atoms with Crippen molar-refractivity contribution in [3.05, 3.63) is 0 Å². The Balaban J connectivity index is 2.74. The first-order valence-electron chi connectivity index (χ1n) is 5.05. The zero-order chi connectivity index (χ0) is 16.3. The normalized spacial score (nSPS) is 28.7. The molecule has 1 saturated heterocycles. The molecule has 4 unspecified atom stereocenters. The van der Waals surface area contributed by atoms with Crippen LogP contribution in [0.2, 0.25) is 0 Å². The van der Waals surface area contributed by atoms with Crippen LogP contribution in [0, 0.1) is 0 Å². The maximum absolute atomic E-state index is 11.3. The SMILES string of the molecule is O=C(O)C(O)C(O)C(=O)O[As]1OC(=O)C(O)C(O)C(=O)O1. The summed E-state index contributed by atoms with van der Waals surface area (Å²) in [6.45, 7) is 0. The third-order valence-electron chi connectivity index (χ3n) is 2.07. The zero-order valence-electron chi connectivity index (χ0n) is 9.85. The number of carbonyl (C=O) groups is 4. The van der Waals surface area contributed by atoms with Crippen molar-refractivity contribution in [1.29, 1.82) is 0 Å². The fraction of sp³-hybridized carbons (Fsp3) is 0.500. The van der Waals surface area contributed by atoms with Crippen molar-refractivity contribution >= 4 is 39.6 Å². The van der Waals surface area contributed by atoms with Crippen molar-refractivity contribution in [3.63, 3.8) is 0 Å². The number of aliphatic hydroxyl groups excluding tert-OH is 4. The molecule has 0 aromatic rings. The number of rotatable bonds is 4. The molecule has 1 aliphatic rings. The Bertz CT molecular complexity index is 440. The van der Waals surface area contributed by atoms with Crippen LogP contribution in [0.4, 0.5) is 0 Å². The number of aliphatic carboxylic acids is 1. The summed E-state index contributed by atoms with van der Waals surface area (Å²) in [4.78, 5) is 43.9. The van der Waals surface area contributed by atoms with Gasteiger partial charge in [0.25, 0.3) is 0 Å². The van der Waals surface area contributed by atoms with Crippen LogP contribution in [0.5, 0.6) is 0 Å². The Morgan fingerprint density at radius 3 is 1.86 bits per heavy atom. The Morgan fingerprint density at radius 1 is 1.05 bits per heavy atom. The zero-order valence-corrected chi connectivity index (χ0v) is 11.7. The van der Waals surface area contributed by atoms with Crippen molar-refractivity contribution < 1.29 is 55.9 Å². The second-order valence-corrected chi connectivity index (χ2v) is 5.66. The number of aliphatic hydroxyl groups is 4. The number of carbonyl (C=O) groups excluding carboxylic acids is 3. The summed E-state index contributed by atoms with van der Waals surface area (Å²) >= 11 is -3.96. The van der Waals surface area contributed by atoms with Gasteiger partial charge >= 0.3 is 120 Å². The van der Waals surface area contributed by atoms with Crippen LogP contribution in [-0.2, 0) is 30.4 Å². The van der Waals surface area contributed by atoms with E-state index < -0.39 is 64.0 Å². The second kappa shape index (κ2) is 6.82. The fourth-order valence-electron chi connectivity index (χ4n) is 0.960. The van der Waals surface area contributed by atoms with E-state index in [4.69, 9.17) is 25.5 Å². The molecular weight excluding hydrogens is 363 g/mol. The Labute approximate surface area is 120 Å². The van der Waals surface area contributed by atoms with Crippen LogP contribution in [0.1, 0.15) is 0 Å². The van der Waals surface area contributed by atoms with Crippen molar-refractivity contribution in [2.75, 3.05) is 0 Å². The van der Waals surface area contributed by atoms with Gasteiger partial charge in [-0.05, 0) is 0 Å². The molecule has 118 valence electrons. The van der Waals surface area contributed by atoms with E-state index in [1.54, 1.807) is 0 Å². The van der Waals surface area contributed by atoms with Gasteiger partial charge in [-0.15, -0.1) is 0 Å². The van der Waals surface area contributed by atoms with Gasteiger partial charge in [0.1, 0.15) is 0 Å². The van der Waals surface area contributed by atoms with Gasteiger partial charge < -0.3 is 0 Å². The molecule has 13 heteroatoms.